The van der Waals surface area contributed by atoms with Gasteiger partial charge in [0.15, 0.2) is 0 Å². The van der Waals surface area contributed by atoms with Crippen LogP contribution >= 0.6 is 0 Å². The fraction of sp³-hybridized carbons (Fsp3) is 1.00. The zero-order valence-electron chi connectivity index (χ0n) is 8.35. The van der Waals surface area contributed by atoms with E-state index in [1.165, 1.54) is 6.26 Å². The van der Waals surface area contributed by atoms with Crippen molar-refractivity contribution in [3.8, 4) is 0 Å². The molecule has 1 N–H and O–H groups in total. The summed E-state index contributed by atoms with van der Waals surface area (Å²) in [6, 6.07) is 0. The summed E-state index contributed by atoms with van der Waals surface area (Å²) >= 11 is -2.44. The molecule has 0 unspecified atom stereocenters. The predicted molar refractivity (Wildman–Crippen MR) is 55.2 cm³/mol. The quantitative estimate of drug-likeness (QED) is 0.783. The molecule has 0 atom stereocenters. The Hall–Kier alpha value is 0.709. The van der Waals surface area contributed by atoms with Crippen molar-refractivity contribution in [1.29, 1.82) is 0 Å². The number of sulfonamides is 1. The maximum atomic E-state index is 11.1. The molecule has 0 aromatic rings. The van der Waals surface area contributed by atoms with Gasteiger partial charge in [0.2, 0.25) is 0 Å². The molecule has 0 aliphatic rings. The Morgan fingerprint density at radius 2 is 1.42 bits per heavy atom. The summed E-state index contributed by atoms with van der Waals surface area (Å²) in [6.07, 6.45) is 1.26. The van der Waals surface area contributed by atoms with E-state index in [1.807, 2.05) is 0 Å². The molecular weight excluding hydrogens is 281 g/mol. The van der Waals surface area contributed by atoms with Crippen LogP contribution in [0.1, 0.15) is 20.8 Å². The normalized spacial score (nSPS) is 13.3. The molecule has 0 aromatic heterocycles. The molecule has 0 amide bonds. The molecule has 0 aliphatic carbocycles. The number of hydrogen-bond donors (Lipinski definition) is 1. The van der Waals surface area contributed by atoms with Crippen LogP contribution in [0.25, 0.3) is 0 Å². The van der Waals surface area contributed by atoms with Gasteiger partial charge in [-0.2, -0.15) is 0 Å². The average Bonchev–Trinajstić information content (AvgIpc) is 1.99. The molecule has 3 nitrogen and oxygen atoms in total. The molecule has 0 bridgehead atoms. The van der Waals surface area contributed by atoms with Crippen LogP contribution in [0.4, 0.5) is 0 Å². The van der Waals surface area contributed by atoms with Crippen LogP contribution in [0.2, 0.25) is 13.3 Å². The molecule has 0 radical (unpaired) electrons. The van der Waals surface area contributed by atoms with Crippen molar-refractivity contribution in [2.24, 2.45) is 0 Å². The minimum atomic E-state index is -2.97. The van der Waals surface area contributed by atoms with E-state index in [0.29, 0.717) is 0 Å². The van der Waals surface area contributed by atoms with Gasteiger partial charge in [0, 0.05) is 0 Å². The first-order valence-corrected chi connectivity index (χ1v) is 13.8. The second-order valence-electron chi connectivity index (χ2n) is 3.22. The molecule has 0 aliphatic heterocycles. The first-order valence-electron chi connectivity index (χ1n) is 4.38. The molecule has 12 heavy (non-hydrogen) atoms. The van der Waals surface area contributed by atoms with Crippen LogP contribution in [-0.2, 0) is 10.0 Å². The molecular formula is C7H19NO2SSn. The van der Waals surface area contributed by atoms with Gasteiger partial charge < -0.3 is 0 Å². The molecule has 0 saturated heterocycles. The van der Waals surface area contributed by atoms with Crippen molar-refractivity contribution in [3.05, 3.63) is 0 Å². The van der Waals surface area contributed by atoms with Crippen molar-refractivity contribution in [2.75, 3.05) is 6.26 Å². The van der Waals surface area contributed by atoms with Crippen LogP contribution in [0.5, 0.6) is 0 Å². The van der Waals surface area contributed by atoms with Crippen LogP contribution in [0.3, 0.4) is 0 Å². The van der Waals surface area contributed by atoms with Crippen molar-refractivity contribution in [1.82, 2.24) is 2.94 Å². The van der Waals surface area contributed by atoms with Gasteiger partial charge in [-0.15, -0.1) is 0 Å². The first-order chi connectivity index (χ1) is 5.39. The summed E-state index contributed by atoms with van der Waals surface area (Å²) in [6.45, 7) is 6.30. The van der Waals surface area contributed by atoms with E-state index in [9.17, 15) is 8.42 Å². The summed E-state index contributed by atoms with van der Waals surface area (Å²) in [5.74, 6) is 0. The Morgan fingerprint density at radius 1 is 1.08 bits per heavy atom. The van der Waals surface area contributed by atoms with Gasteiger partial charge in [0.05, 0.1) is 0 Å². The molecule has 0 aromatic carbocycles. The fourth-order valence-corrected chi connectivity index (χ4v) is 17.3. The number of rotatable bonds is 5. The SMILES string of the molecule is C[CH2][Sn]([CH2]C)([CH2]C)[NH]S(C)(=O)=O. The minimum absolute atomic E-state index is 1.05. The molecule has 0 saturated carbocycles. The number of nitrogens with one attached hydrogen (secondary N) is 1. The third-order valence-electron chi connectivity index (χ3n) is 2.43. The Bertz CT molecular complexity index is 213. The molecule has 0 heterocycles. The van der Waals surface area contributed by atoms with E-state index in [0.717, 1.165) is 13.3 Å². The topological polar surface area (TPSA) is 46.2 Å². The second kappa shape index (κ2) is 4.81. The summed E-state index contributed by atoms with van der Waals surface area (Å²) in [5.41, 5.74) is 0. The Balaban J connectivity index is 4.52. The summed E-state index contributed by atoms with van der Waals surface area (Å²) in [4.78, 5) is 0. The van der Waals surface area contributed by atoms with Gasteiger partial charge in [0.25, 0.3) is 0 Å². The van der Waals surface area contributed by atoms with E-state index in [1.54, 1.807) is 0 Å². The van der Waals surface area contributed by atoms with Crippen molar-refractivity contribution < 1.29 is 8.42 Å². The third kappa shape index (κ3) is 4.09. The molecule has 0 fully saturated rings. The second-order valence-corrected chi connectivity index (χ2v) is 20.1. The van der Waals surface area contributed by atoms with Crippen molar-refractivity contribution in [3.63, 3.8) is 0 Å². The van der Waals surface area contributed by atoms with Crippen LogP contribution in [0.15, 0.2) is 0 Å². The van der Waals surface area contributed by atoms with Gasteiger partial charge in [-0.05, 0) is 0 Å². The van der Waals surface area contributed by atoms with Crippen molar-refractivity contribution >= 4 is 28.7 Å². The Morgan fingerprint density at radius 3 is 1.50 bits per heavy atom. The summed E-state index contributed by atoms with van der Waals surface area (Å²) < 4.78 is 28.2. The zero-order chi connectivity index (χ0) is 9.83. The third-order valence-corrected chi connectivity index (χ3v) is 21.7. The monoisotopic (exact) mass is 301 g/mol. The average molecular weight is 300 g/mol. The van der Waals surface area contributed by atoms with Gasteiger partial charge >= 0.3 is 80.4 Å². The standard InChI is InChI=1S/3C2H5.CH4NO2S.Sn/c3*1-2;1-5(2,3)4;/h3*1H2,2H3;1H3,(H-,2,3,4);/q;;;-1;+1. The zero-order valence-corrected chi connectivity index (χ0v) is 12.0. The van der Waals surface area contributed by atoms with Crippen molar-refractivity contribution in [2.45, 2.75) is 34.1 Å². The number of hydrogen-bond acceptors (Lipinski definition) is 2. The van der Waals surface area contributed by atoms with Gasteiger partial charge in [-0.1, -0.05) is 0 Å². The van der Waals surface area contributed by atoms with E-state index in [-0.39, 0.29) is 0 Å². The van der Waals surface area contributed by atoms with Crippen LogP contribution in [-0.4, -0.2) is 33.3 Å². The Labute approximate surface area is 80.2 Å². The molecule has 0 rings (SSSR count). The van der Waals surface area contributed by atoms with Gasteiger partial charge in [0.1, 0.15) is 0 Å². The maximum absolute atomic E-state index is 11.1. The summed E-state index contributed by atoms with van der Waals surface area (Å²) in [7, 11) is -2.97. The summed E-state index contributed by atoms with van der Waals surface area (Å²) in [5, 5.41) is 0. The van der Waals surface area contributed by atoms with Gasteiger partial charge in [-0.25, -0.2) is 0 Å². The van der Waals surface area contributed by atoms with E-state index in [2.05, 4.69) is 23.7 Å². The van der Waals surface area contributed by atoms with E-state index >= 15 is 0 Å². The predicted octanol–water partition coefficient (Wildman–Crippen LogP) is 1.54. The Kier molecular flexibility index (Phi) is 5.09. The van der Waals surface area contributed by atoms with Crippen LogP contribution in [0, 0.1) is 0 Å². The fourth-order valence-electron chi connectivity index (χ4n) is 1.36. The molecule has 0 spiro atoms. The molecule has 5 heteroatoms. The van der Waals surface area contributed by atoms with Gasteiger partial charge in [-0.3, -0.25) is 0 Å². The van der Waals surface area contributed by atoms with E-state index in [4.69, 9.17) is 0 Å². The van der Waals surface area contributed by atoms with Crippen LogP contribution < -0.4 is 2.94 Å². The molecule has 74 valence electrons. The first kappa shape index (κ1) is 12.7. The van der Waals surface area contributed by atoms with E-state index < -0.39 is 28.7 Å².